The maximum absolute atomic E-state index is 12.8. The molecule has 1 aliphatic heterocycles. The Morgan fingerprint density at radius 3 is 2.19 bits per heavy atom. The van der Waals surface area contributed by atoms with Crippen LogP contribution in [0.15, 0.2) is 11.6 Å². The Bertz CT molecular complexity index is 660. The highest BCUT2D eigenvalue weighted by atomic mass is 16.7. The van der Waals surface area contributed by atoms with Crippen molar-refractivity contribution in [3.05, 3.63) is 11.6 Å². The third kappa shape index (κ3) is 8.51. The summed E-state index contributed by atoms with van der Waals surface area (Å²) in [6, 6.07) is 0. The Labute approximate surface area is 195 Å². The van der Waals surface area contributed by atoms with Gasteiger partial charge in [0.05, 0.1) is 12.2 Å². The van der Waals surface area contributed by atoms with Gasteiger partial charge >= 0.3 is 11.9 Å². The molecule has 0 aliphatic carbocycles. The van der Waals surface area contributed by atoms with Crippen molar-refractivity contribution < 1.29 is 28.5 Å². The molecule has 0 aromatic heterocycles. The van der Waals surface area contributed by atoms with Gasteiger partial charge < -0.3 is 18.9 Å². The van der Waals surface area contributed by atoms with E-state index in [4.69, 9.17) is 18.9 Å². The molecule has 6 nitrogen and oxygen atoms in total. The summed E-state index contributed by atoms with van der Waals surface area (Å²) < 4.78 is 23.5. The minimum absolute atomic E-state index is 0.0725. The molecule has 186 valence electrons. The number of esters is 2. The summed E-state index contributed by atoms with van der Waals surface area (Å²) in [5.74, 6) is -1.22. The lowest BCUT2D eigenvalue weighted by Gasteiger charge is -2.47. The van der Waals surface area contributed by atoms with E-state index in [9.17, 15) is 9.59 Å². The van der Waals surface area contributed by atoms with Gasteiger partial charge in [-0.15, -0.1) is 0 Å². The van der Waals surface area contributed by atoms with E-state index in [1.165, 1.54) is 0 Å². The van der Waals surface area contributed by atoms with Gasteiger partial charge in [0.1, 0.15) is 5.60 Å². The summed E-state index contributed by atoms with van der Waals surface area (Å²) in [6.45, 7) is 21.3. The second-order valence-corrected chi connectivity index (χ2v) is 10.8. The number of carbonyl (C=O) groups excluding carboxylic acids is 2. The smallest absolute Gasteiger partial charge is 0.348 e. The van der Waals surface area contributed by atoms with Crippen LogP contribution >= 0.6 is 0 Å². The summed E-state index contributed by atoms with van der Waals surface area (Å²) in [5.41, 5.74) is -0.183. The molecule has 0 aromatic carbocycles. The number of rotatable bonds is 9. The zero-order valence-electron chi connectivity index (χ0n) is 22.1. The summed E-state index contributed by atoms with van der Waals surface area (Å²) in [5, 5.41) is 0. The van der Waals surface area contributed by atoms with Crippen molar-refractivity contribution >= 4 is 11.9 Å². The Kier molecular flexibility index (Phi) is 10.4. The molecule has 1 heterocycles. The minimum Gasteiger partial charge on any atom is -0.457 e. The third-order valence-corrected chi connectivity index (χ3v) is 6.18. The standard InChI is InChI=1S/C26H46O6/c1-12-16(3)21-19(6)20(30-26(10,11)31-21)15-14-18(5)23(27)29-22(17(4)13-2)24(28)32-25(7,8)9/h14,16-17,19-22H,12-13,15H2,1-11H3/b18-14+/t16-,17-,19-,20-,21+,22+/m0/s1. The molecule has 0 N–H and O–H groups in total. The first kappa shape index (κ1) is 28.6. The number of hydrogen-bond acceptors (Lipinski definition) is 6. The largest absolute Gasteiger partial charge is 0.457 e. The van der Waals surface area contributed by atoms with Gasteiger partial charge in [0.15, 0.2) is 5.79 Å². The lowest BCUT2D eigenvalue weighted by Crippen LogP contribution is -2.52. The van der Waals surface area contributed by atoms with Crippen LogP contribution in [0, 0.1) is 17.8 Å². The SMILES string of the molecule is CC[C@H](C)[C@H]1OC(C)(C)O[C@@H](C/C=C(\C)C(=O)O[C@@H](C(=O)OC(C)(C)C)[C@@H](C)CC)[C@@H]1C. The molecule has 0 unspecified atom stereocenters. The number of ether oxygens (including phenoxy) is 4. The molecule has 1 rings (SSSR count). The van der Waals surface area contributed by atoms with Gasteiger partial charge in [0.25, 0.3) is 0 Å². The third-order valence-electron chi connectivity index (χ3n) is 6.18. The highest BCUT2D eigenvalue weighted by Crippen LogP contribution is 2.37. The van der Waals surface area contributed by atoms with E-state index in [0.717, 1.165) is 6.42 Å². The van der Waals surface area contributed by atoms with E-state index in [-0.39, 0.29) is 24.0 Å². The predicted octanol–water partition coefficient (Wildman–Crippen LogP) is 5.82. The van der Waals surface area contributed by atoms with Gasteiger partial charge in [-0.3, -0.25) is 0 Å². The fourth-order valence-corrected chi connectivity index (χ4v) is 3.83. The first-order valence-corrected chi connectivity index (χ1v) is 12.1. The highest BCUT2D eigenvalue weighted by molar-refractivity contribution is 5.90. The van der Waals surface area contributed by atoms with Crippen LogP contribution in [-0.4, -0.2) is 41.6 Å². The molecule has 6 heteroatoms. The quantitative estimate of drug-likeness (QED) is 0.323. The Morgan fingerprint density at radius 2 is 1.69 bits per heavy atom. The van der Waals surface area contributed by atoms with Crippen LogP contribution < -0.4 is 0 Å². The fourth-order valence-electron chi connectivity index (χ4n) is 3.83. The maximum atomic E-state index is 12.8. The average molecular weight is 455 g/mol. The van der Waals surface area contributed by atoms with Crippen LogP contribution in [0.3, 0.4) is 0 Å². The molecule has 6 atom stereocenters. The van der Waals surface area contributed by atoms with Gasteiger partial charge in [0.2, 0.25) is 6.10 Å². The van der Waals surface area contributed by atoms with Crippen molar-refractivity contribution in [2.24, 2.45) is 17.8 Å². The lowest BCUT2D eigenvalue weighted by atomic mass is 9.85. The molecule has 0 bridgehead atoms. The number of carbonyl (C=O) groups is 2. The lowest BCUT2D eigenvalue weighted by molar-refractivity contribution is -0.326. The first-order chi connectivity index (χ1) is 14.6. The molecule has 1 aliphatic rings. The molecule has 0 radical (unpaired) electrons. The van der Waals surface area contributed by atoms with Crippen molar-refractivity contribution in [2.75, 3.05) is 0 Å². The second-order valence-electron chi connectivity index (χ2n) is 10.8. The zero-order valence-corrected chi connectivity index (χ0v) is 22.1. The van der Waals surface area contributed by atoms with Gasteiger partial charge in [-0.05, 0) is 60.3 Å². The van der Waals surface area contributed by atoms with Crippen LogP contribution in [0.5, 0.6) is 0 Å². The Morgan fingerprint density at radius 1 is 1.09 bits per heavy atom. The minimum atomic E-state index is -0.929. The van der Waals surface area contributed by atoms with Crippen molar-refractivity contribution in [1.29, 1.82) is 0 Å². The van der Waals surface area contributed by atoms with Crippen LogP contribution in [0.1, 0.15) is 95.4 Å². The molecule has 0 aromatic rings. The van der Waals surface area contributed by atoms with Crippen molar-refractivity contribution in [3.8, 4) is 0 Å². The summed E-state index contributed by atoms with van der Waals surface area (Å²) in [4.78, 5) is 25.4. The summed E-state index contributed by atoms with van der Waals surface area (Å²) in [6.07, 6.45) is 3.24. The Balaban J connectivity index is 2.91. The van der Waals surface area contributed by atoms with Gasteiger partial charge in [-0.2, -0.15) is 0 Å². The molecular formula is C26H46O6. The van der Waals surface area contributed by atoms with Gasteiger partial charge in [0, 0.05) is 17.4 Å². The number of hydrogen-bond donors (Lipinski definition) is 0. The topological polar surface area (TPSA) is 71.1 Å². The Hall–Kier alpha value is -1.40. The van der Waals surface area contributed by atoms with Gasteiger partial charge in [-0.1, -0.05) is 47.1 Å². The van der Waals surface area contributed by atoms with E-state index in [0.29, 0.717) is 24.3 Å². The predicted molar refractivity (Wildman–Crippen MR) is 126 cm³/mol. The first-order valence-electron chi connectivity index (χ1n) is 12.1. The van der Waals surface area contributed by atoms with Crippen LogP contribution in [0.2, 0.25) is 0 Å². The van der Waals surface area contributed by atoms with Crippen molar-refractivity contribution in [3.63, 3.8) is 0 Å². The molecule has 0 amide bonds. The molecule has 0 spiro atoms. The van der Waals surface area contributed by atoms with Crippen LogP contribution in [0.25, 0.3) is 0 Å². The highest BCUT2D eigenvalue weighted by Gasteiger charge is 2.42. The van der Waals surface area contributed by atoms with E-state index < -0.39 is 29.4 Å². The van der Waals surface area contributed by atoms with E-state index in [1.807, 2.05) is 33.8 Å². The summed E-state index contributed by atoms with van der Waals surface area (Å²) >= 11 is 0. The molecule has 0 saturated carbocycles. The maximum Gasteiger partial charge on any atom is 0.348 e. The fraction of sp³-hybridized carbons (Fsp3) is 0.846. The summed E-state index contributed by atoms with van der Waals surface area (Å²) in [7, 11) is 0. The average Bonchev–Trinajstić information content (AvgIpc) is 2.69. The van der Waals surface area contributed by atoms with E-state index >= 15 is 0 Å². The van der Waals surface area contributed by atoms with Gasteiger partial charge in [-0.25, -0.2) is 9.59 Å². The zero-order chi connectivity index (χ0) is 24.9. The van der Waals surface area contributed by atoms with E-state index in [1.54, 1.807) is 27.7 Å². The normalized spacial score (nSPS) is 26.7. The van der Waals surface area contributed by atoms with Crippen molar-refractivity contribution in [2.45, 2.75) is 125 Å². The monoisotopic (exact) mass is 454 g/mol. The van der Waals surface area contributed by atoms with Crippen LogP contribution in [0.4, 0.5) is 0 Å². The second kappa shape index (κ2) is 11.6. The van der Waals surface area contributed by atoms with Crippen molar-refractivity contribution in [1.82, 2.24) is 0 Å². The molecular weight excluding hydrogens is 408 g/mol. The molecule has 1 fully saturated rings. The molecule has 32 heavy (non-hydrogen) atoms. The van der Waals surface area contributed by atoms with E-state index in [2.05, 4.69) is 20.8 Å². The molecule has 1 saturated heterocycles. The van der Waals surface area contributed by atoms with Crippen LogP contribution in [-0.2, 0) is 28.5 Å².